The number of carbonyl (C=O) groups is 3. The lowest BCUT2D eigenvalue weighted by Crippen LogP contribution is -3.11. The number of thiophene rings is 1. The van der Waals surface area contributed by atoms with E-state index in [0.717, 1.165) is 0 Å². The van der Waals surface area contributed by atoms with Gasteiger partial charge in [-0.2, -0.15) is 0 Å². The fourth-order valence-electron chi connectivity index (χ4n) is 3.81. The van der Waals surface area contributed by atoms with Crippen molar-refractivity contribution in [3.05, 3.63) is 51.6 Å². The molecule has 2 amide bonds. The molecule has 11 heteroatoms. The fourth-order valence-corrected chi connectivity index (χ4v) is 4.50. The Balaban J connectivity index is 1.31. The Morgan fingerprint density at radius 3 is 2.70 bits per heavy atom. The van der Waals surface area contributed by atoms with Gasteiger partial charge in [0.15, 0.2) is 11.9 Å². The van der Waals surface area contributed by atoms with Gasteiger partial charge in [-0.25, -0.2) is 14.0 Å². The van der Waals surface area contributed by atoms with Crippen molar-refractivity contribution in [3.8, 4) is 0 Å². The Morgan fingerprint density at radius 2 is 2.00 bits per heavy atom. The highest BCUT2D eigenvalue weighted by Crippen LogP contribution is 2.28. The number of hydroxylamine groups is 2. The van der Waals surface area contributed by atoms with E-state index in [1.807, 2.05) is 4.90 Å². The molecule has 4 rings (SSSR count). The number of halogens is 1. The van der Waals surface area contributed by atoms with Crippen molar-refractivity contribution in [1.82, 2.24) is 0 Å². The zero-order valence-corrected chi connectivity index (χ0v) is 18.6. The number of ether oxygens (including phenoxy) is 2. The molecule has 2 aliphatic heterocycles. The number of Topliss-reactive ketones (excluding diaryl/α,β-unsaturated/α-hetero) is 1. The monoisotopic (exact) mass is 477 g/mol. The largest absolute Gasteiger partial charge is 0.627 e. The Kier molecular flexibility index (Phi) is 7.33. The van der Waals surface area contributed by atoms with Crippen LogP contribution < -0.4 is 14.9 Å². The second kappa shape index (κ2) is 10.4. The highest BCUT2D eigenvalue weighted by molar-refractivity contribution is 7.12. The maximum atomic E-state index is 14.7. The number of hydrogen-bond donors (Lipinski definition) is 1. The number of morpholine rings is 1. The van der Waals surface area contributed by atoms with Crippen LogP contribution in [0.2, 0.25) is 0 Å². The minimum absolute atomic E-state index is 0.0301. The van der Waals surface area contributed by atoms with E-state index in [2.05, 4.69) is 0 Å². The highest BCUT2D eigenvalue weighted by Gasteiger charge is 2.35. The Morgan fingerprint density at radius 1 is 1.21 bits per heavy atom. The van der Waals surface area contributed by atoms with E-state index in [1.54, 1.807) is 29.6 Å². The Bertz CT molecular complexity index is 1010. The maximum Gasteiger partial charge on any atom is 0.414 e. The normalized spacial score (nSPS) is 19.5. The number of hydrogen-bond acceptors (Lipinski definition) is 8. The van der Waals surface area contributed by atoms with Crippen LogP contribution in [0.5, 0.6) is 0 Å². The van der Waals surface area contributed by atoms with Crippen LogP contribution in [0.1, 0.15) is 22.5 Å². The molecule has 0 bridgehead atoms. The van der Waals surface area contributed by atoms with Gasteiger partial charge in [0, 0.05) is 19.5 Å². The van der Waals surface area contributed by atoms with Crippen molar-refractivity contribution in [1.29, 1.82) is 0 Å². The van der Waals surface area contributed by atoms with Gasteiger partial charge in [-0.3, -0.25) is 9.69 Å². The summed E-state index contributed by atoms with van der Waals surface area (Å²) in [5.41, 5.74) is 0.751. The van der Waals surface area contributed by atoms with E-state index in [-0.39, 0.29) is 31.7 Å². The number of amides is 2. The van der Waals surface area contributed by atoms with E-state index in [0.29, 0.717) is 42.6 Å². The van der Waals surface area contributed by atoms with E-state index in [1.165, 1.54) is 22.3 Å². The van der Waals surface area contributed by atoms with Gasteiger partial charge in [-0.1, -0.05) is 6.07 Å². The van der Waals surface area contributed by atoms with Crippen LogP contribution in [-0.2, 0) is 14.3 Å². The summed E-state index contributed by atoms with van der Waals surface area (Å²) >= 11 is 1.28. The molecule has 0 aliphatic carbocycles. The molecule has 0 radical (unpaired) electrons. The standard InChI is InChI=1S/C22H24FN3O6S/c23-17-12-15(3-4-18(17)24-7-9-31-10-8-24)25-13-16(32-22(25)29)14-26(30)21(28)6-5-19(27)20-2-1-11-33-20/h1-4,11-12,16,26H,5-10,13-14H2/t16-/m1/s1. The van der Waals surface area contributed by atoms with E-state index < -0.39 is 29.0 Å². The molecule has 2 aromatic rings. The zero-order chi connectivity index (χ0) is 23.4. The third-order valence-corrected chi connectivity index (χ3v) is 6.48. The second-order valence-corrected chi connectivity index (χ2v) is 8.75. The van der Waals surface area contributed by atoms with E-state index in [9.17, 15) is 24.0 Å². The third-order valence-electron chi connectivity index (χ3n) is 5.57. The first-order valence-corrected chi connectivity index (χ1v) is 11.5. The first kappa shape index (κ1) is 23.3. The number of cyclic esters (lactones) is 1. The van der Waals surface area contributed by atoms with Crippen molar-refractivity contribution >= 4 is 40.5 Å². The van der Waals surface area contributed by atoms with Crippen molar-refractivity contribution in [3.63, 3.8) is 0 Å². The lowest BCUT2D eigenvalue weighted by atomic mass is 10.2. The number of anilines is 2. The summed E-state index contributed by atoms with van der Waals surface area (Å²) < 4.78 is 25.2. The van der Waals surface area contributed by atoms with Gasteiger partial charge < -0.3 is 24.6 Å². The van der Waals surface area contributed by atoms with Crippen molar-refractivity contribution in [2.24, 2.45) is 0 Å². The average molecular weight is 478 g/mol. The van der Waals surface area contributed by atoms with Gasteiger partial charge in [0.1, 0.15) is 12.4 Å². The molecule has 1 aromatic heterocycles. The molecule has 1 aromatic carbocycles. The van der Waals surface area contributed by atoms with Gasteiger partial charge in [0.25, 0.3) is 0 Å². The van der Waals surface area contributed by atoms with Crippen molar-refractivity contribution < 1.29 is 33.3 Å². The molecule has 1 unspecified atom stereocenters. The molecular weight excluding hydrogens is 453 g/mol. The summed E-state index contributed by atoms with van der Waals surface area (Å²) in [5, 5.41) is 13.4. The molecular formula is C22H24FN3O6S. The third kappa shape index (κ3) is 5.56. The zero-order valence-electron chi connectivity index (χ0n) is 17.8. The summed E-state index contributed by atoms with van der Waals surface area (Å²) in [6.45, 7) is 1.97. The molecule has 2 saturated heterocycles. The van der Waals surface area contributed by atoms with Crippen LogP contribution in [0.25, 0.3) is 0 Å². The molecule has 33 heavy (non-hydrogen) atoms. The van der Waals surface area contributed by atoms with Gasteiger partial charge >= 0.3 is 12.0 Å². The van der Waals surface area contributed by atoms with Crippen LogP contribution >= 0.6 is 11.3 Å². The van der Waals surface area contributed by atoms with Crippen molar-refractivity contribution in [2.45, 2.75) is 18.9 Å². The average Bonchev–Trinajstić information content (AvgIpc) is 3.48. The summed E-state index contributed by atoms with van der Waals surface area (Å²) in [6, 6.07) is 7.91. The molecule has 2 fully saturated rings. The van der Waals surface area contributed by atoms with Crippen LogP contribution in [0.3, 0.4) is 0 Å². The van der Waals surface area contributed by atoms with E-state index in [4.69, 9.17) is 9.47 Å². The predicted molar refractivity (Wildman–Crippen MR) is 119 cm³/mol. The van der Waals surface area contributed by atoms with Gasteiger partial charge in [-0.15, -0.1) is 11.3 Å². The maximum absolute atomic E-state index is 14.7. The fraction of sp³-hybridized carbons (Fsp3) is 0.409. The minimum atomic E-state index is -0.816. The van der Waals surface area contributed by atoms with Crippen molar-refractivity contribution in [2.75, 3.05) is 49.2 Å². The van der Waals surface area contributed by atoms with Crippen LogP contribution in [0.15, 0.2) is 35.7 Å². The first-order chi connectivity index (χ1) is 15.9. The molecule has 2 atom stereocenters. The number of rotatable bonds is 8. The van der Waals surface area contributed by atoms with Gasteiger partial charge in [0.2, 0.25) is 0 Å². The number of nitrogens with one attached hydrogen (secondary N) is 1. The van der Waals surface area contributed by atoms with Crippen LogP contribution in [-0.4, -0.2) is 63.3 Å². The number of quaternary nitrogens is 1. The van der Waals surface area contributed by atoms with E-state index >= 15 is 0 Å². The van der Waals surface area contributed by atoms with Crippen LogP contribution in [0, 0.1) is 11.0 Å². The van der Waals surface area contributed by atoms with Gasteiger partial charge in [0.05, 0.1) is 42.4 Å². The highest BCUT2D eigenvalue weighted by atomic mass is 32.1. The molecule has 176 valence electrons. The quantitative estimate of drug-likeness (QED) is 0.455. The topological polar surface area (TPSA) is 104 Å². The summed E-state index contributed by atoms with van der Waals surface area (Å²) in [5.74, 6) is -1.32. The molecule has 0 spiro atoms. The smallest absolute Gasteiger partial charge is 0.414 e. The summed E-state index contributed by atoms with van der Waals surface area (Å²) in [4.78, 5) is 40.1. The summed E-state index contributed by atoms with van der Waals surface area (Å²) in [6.07, 6.45) is -1.75. The molecule has 9 nitrogen and oxygen atoms in total. The van der Waals surface area contributed by atoms with Crippen LogP contribution in [0.4, 0.5) is 20.6 Å². The lowest BCUT2D eigenvalue weighted by molar-refractivity contribution is -0.769. The number of ketones is 1. The number of carbonyl (C=O) groups excluding carboxylic acids is 3. The molecule has 1 N–H and O–H groups in total. The SMILES string of the molecule is O=C(CCC(=O)[NH+]([O-])C[C@H]1CN(c2ccc(N3CCOCC3)c(F)c2)C(=O)O1)c1cccs1. The first-order valence-electron chi connectivity index (χ1n) is 10.7. The Labute approximate surface area is 193 Å². The minimum Gasteiger partial charge on any atom is -0.627 e. The number of nitrogens with zero attached hydrogens (tertiary/aromatic N) is 2. The molecule has 2 aliphatic rings. The number of benzene rings is 1. The Hall–Kier alpha value is -2.86. The molecule has 3 heterocycles. The lowest BCUT2D eigenvalue weighted by Gasteiger charge is -2.29. The second-order valence-electron chi connectivity index (χ2n) is 7.80. The molecule has 0 saturated carbocycles. The summed E-state index contributed by atoms with van der Waals surface area (Å²) in [7, 11) is 0. The van der Waals surface area contributed by atoms with Gasteiger partial charge in [-0.05, 0) is 29.6 Å². The predicted octanol–water partition coefficient (Wildman–Crippen LogP) is 1.62.